The number of aromatic nitrogens is 1. The predicted molar refractivity (Wildman–Crippen MR) is 47.1 cm³/mol. The van der Waals surface area contributed by atoms with Crippen molar-refractivity contribution in [3.05, 3.63) is 29.6 Å². The van der Waals surface area contributed by atoms with Crippen molar-refractivity contribution in [1.82, 2.24) is 4.98 Å². The largest absolute Gasteiger partial charge is 0.397 e. The minimum absolute atomic E-state index is 0.250. The van der Waals surface area contributed by atoms with Crippen molar-refractivity contribution in [2.24, 2.45) is 0 Å². The fourth-order valence-corrected chi connectivity index (χ4v) is 0.630. The van der Waals surface area contributed by atoms with E-state index in [1.54, 1.807) is 13.0 Å². The van der Waals surface area contributed by atoms with Gasteiger partial charge in [0.25, 0.3) is 0 Å². The van der Waals surface area contributed by atoms with Gasteiger partial charge in [0.05, 0.1) is 0 Å². The third kappa shape index (κ3) is 4.57. The Morgan fingerprint density at radius 2 is 2.17 bits per heavy atom. The summed E-state index contributed by atoms with van der Waals surface area (Å²) in [7, 11) is 0. The van der Waals surface area contributed by atoms with Crippen molar-refractivity contribution in [2.75, 3.05) is 6.61 Å². The molecule has 1 N–H and O–H groups in total. The quantitative estimate of drug-likeness (QED) is 0.639. The van der Waals surface area contributed by atoms with Crippen molar-refractivity contribution in [1.29, 1.82) is 0 Å². The standard InChI is InChI=1S/C7H7NO.C2H6O/c1-6-3-2-4-7(5-9)8-6;1-2-3/h2-5H,1H3;3H,2H2,1H3. The molecule has 0 saturated carbocycles. The second kappa shape index (κ2) is 6.49. The smallest absolute Gasteiger partial charge is 0.168 e. The Kier molecular flexibility index (Phi) is 5.83. The first-order chi connectivity index (χ1) is 5.74. The summed E-state index contributed by atoms with van der Waals surface area (Å²) in [6, 6.07) is 5.35. The van der Waals surface area contributed by atoms with Gasteiger partial charge in [-0.05, 0) is 26.0 Å². The Bertz CT molecular complexity index is 236. The number of pyridine rings is 1. The van der Waals surface area contributed by atoms with Crippen LogP contribution in [0.4, 0.5) is 0 Å². The van der Waals surface area contributed by atoms with E-state index in [9.17, 15) is 4.79 Å². The van der Waals surface area contributed by atoms with Crippen LogP contribution in [0.5, 0.6) is 0 Å². The number of aldehydes is 1. The first-order valence-electron chi connectivity index (χ1n) is 3.74. The zero-order valence-electron chi connectivity index (χ0n) is 7.32. The first kappa shape index (κ1) is 10.8. The van der Waals surface area contributed by atoms with E-state index in [4.69, 9.17) is 5.11 Å². The van der Waals surface area contributed by atoms with Gasteiger partial charge in [-0.15, -0.1) is 0 Å². The van der Waals surface area contributed by atoms with Gasteiger partial charge < -0.3 is 5.11 Å². The molecule has 0 radical (unpaired) electrons. The van der Waals surface area contributed by atoms with E-state index in [0.717, 1.165) is 12.0 Å². The Hall–Kier alpha value is -1.22. The van der Waals surface area contributed by atoms with Gasteiger partial charge in [-0.3, -0.25) is 9.78 Å². The van der Waals surface area contributed by atoms with Crippen LogP contribution >= 0.6 is 0 Å². The second-order valence-corrected chi connectivity index (χ2v) is 2.14. The van der Waals surface area contributed by atoms with Gasteiger partial charge in [-0.25, -0.2) is 0 Å². The molecule has 0 amide bonds. The summed E-state index contributed by atoms with van der Waals surface area (Å²) in [5, 5.41) is 7.57. The van der Waals surface area contributed by atoms with Crippen LogP contribution in [0.15, 0.2) is 18.2 Å². The van der Waals surface area contributed by atoms with Crippen LogP contribution < -0.4 is 0 Å². The monoisotopic (exact) mass is 167 g/mol. The summed E-state index contributed by atoms with van der Waals surface area (Å²) in [5.41, 5.74) is 1.37. The van der Waals surface area contributed by atoms with Crippen LogP contribution in [0.1, 0.15) is 23.1 Å². The highest BCUT2D eigenvalue weighted by Crippen LogP contribution is 1.93. The molecule has 66 valence electrons. The van der Waals surface area contributed by atoms with E-state index >= 15 is 0 Å². The molecule has 0 aliphatic rings. The lowest BCUT2D eigenvalue weighted by Crippen LogP contribution is -1.86. The maximum absolute atomic E-state index is 10.1. The average Bonchev–Trinajstić information content (AvgIpc) is 2.06. The molecule has 0 bridgehead atoms. The summed E-state index contributed by atoms with van der Waals surface area (Å²) < 4.78 is 0. The van der Waals surface area contributed by atoms with E-state index in [2.05, 4.69) is 4.98 Å². The lowest BCUT2D eigenvalue weighted by atomic mass is 10.3. The molecule has 0 unspecified atom stereocenters. The number of hydrogen-bond donors (Lipinski definition) is 1. The third-order valence-electron chi connectivity index (χ3n) is 1.03. The predicted octanol–water partition coefficient (Wildman–Crippen LogP) is 1.20. The van der Waals surface area contributed by atoms with Crippen LogP contribution in [-0.2, 0) is 0 Å². The molecule has 0 spiro atoms. The molecule has 3 nitrogen and oxygen atoms in total. The fraction of sp³-hybridized carbons (Fsp3) is 0.333. The summed E-state index contributed by atoms with van der Waals surface area (Å²) in [6.45, 7) is 3.78. The highest BCUT2D eigenvalue weighted by molar-refractivity contribution is 5.71. The number of aryl methyl sites for hydroxylation is 1. The van der Waals surface area contributed by atoms with E-state index in [-0.39, 0.29) is 6.61 Å². The van der Waals surface area contributed by atoms with Crippen LogP contribution in [0.25, 0.3) is 0 Å². The summed E-state index contributed by atoms with van der Waals surface area (Å²) in [5.74, 6) is 0. The van der Waals surface area contributed by atoms with Crippen LogP contribution in [0.3, 0.4) is 0 Å². The zero-order chi connectivity index (χ0) is 9.40. The molecule has 0 fully saturated rings. The van der Waals surface area contributed by atoms with Crippen molar-refractivity contribution in [3.8, 4) is 0 Å². The normalized spacial score (nSPS) is 8.25. The molecule has 3 heteroatoms. The minimum Gasteiger partial charge on any atom is -0.397 e. The topological polar surface area (TPSA) is 50.2 Å². The molecule has 0 atom stereocenters. The Balaban J connectivity index is 0.000000354. The number of hydrogen-bond acceptors (Lipinski definition) is 3. The molecule has 1 aromatic rings. The molecule has 12 heavy (non-hydrogen) atoms. The van der Waals surface area contributed by atoms with Gasteiger partial charge in [-0.2, -0.15) is 0 Å². The van der Waals surface area contributed by atoms with Gasteiger partial charge in [-0.1, -0.05) is 6.07 Å². The summed E-state index contributed by atoms with van der Waals surface area (Å²) in [6.07, 6.45) is 0.743. The average molecular weight is 167 g/mol. The van der Waals surface area contributed by atoms with Gasteiger partial charge in [0.15, 0.2) is 6.29 Å². The lowest BCUT2D eigenvalue weighted by molar-refractivity contribution is 0.111. The van der Waals surface area contributed by atoms with E-state index in [1.165, 1.54) is 0 Å². The van der Waals surface area contributed by atoms with E-state index in [1.807, 2.05) is 19.1 Å². The zero-order valence-corrected chi connectivity index (χ0v) is 7.32. The molecule has 0 saturated heterocycles. The minimum atomic E-state index is 0.250. The number of aliphatic hydroxyl groups excluding tert-OH is 1. The van der Waals surface area contributed by atoms with E-state index < -0.39 is 0 Å². The molecular weight excluding hydrogens is 154 g/mol. The lowest BCUT2D eigenvalue weighted by Gasteiger charge is -1.89. The number of nitrogens with zero attached hydrogens (tertiary/aromatic N) is 1. The maximum atomic E-state index is 10.1. The van der Waals surface area contributed by atoms with Crippen LogP contribution in [0.2, 0.25) is 0 Å². The Morgan fingerprint density at radius 1 is 1.58 bits per heavy atom. The van der Waals surface area contributed by atoms with Crippen molar-refractivity contribution in [3.63, 3.8) is 0 Å². The van der Waals surface area contributed by atoms with Gasteiger partial charge >= 0.3 is 0 Å². The van der Waals surface area contributed by atoms with Crippen LogP contribution in [0, 0.1) is 6.92 Å². The highest BCUT2D eigenvalue weighted by Gasteiger charge is 1.87. The molecule has 1 rings (SSSR count). The second-order valence-electron chi connectivity index (χ2n) is 2.14. The molecule has 1 heterocycles. The molecule has 0 aliphatic heterocycles. The van der Waals surface area contributed by atoms with E-state index in [0.29, 0.717) is 5.69 Å². The number of carbonyl (C=O) groups is 1. The number of aliphatic hydroxyl groups is 1. The molecule has 1 aromatic heterocycles. The molecule has 0 aromatic carbocycles. The van der Waals surface area contributed by atoms with Crippen molar-refractivity contribution >= 4 is 6.29 Å². The van der Waals surface area contributed by atoms with Gasteiger partial charge in [0, 0.05) is 12.3 Å². The SMILES string of the molecule is CCO.Cc1cccc(C=O)n1. The Morgan fingerprint density at radius 3 is 2.50 bits per heavy atom. The third-order valence-corrected chi connectivity index (χ3v) is 1.03. The summed E-state index contributed by atoms with van der Waals surface area (Å²) in [4.78, 5) is 14.0. The fourth-order valence-electron chi connectivity index (χ4n) is 0.630. The number of rotatable bonds is 1. The van der Waals surface area contributed by atoms with Crippen LogP contribution in [-0.4, -0.2) is 23.0 Å². The first-order valence-corrected chi connectivity index (χ1v) is 3.74. The van der Waals surface area contributed by atoms with Crippen molar-refractivity contribution in [2.45, 2.75) is 13.8 Å². The molecular formula is C9H13NO2. The maximum Gasteiger partial charge on any atom is 0.168 e. The molecule has 0 aliphatic carbocycles. The van der Waals surface area contributed by atoms with Crippen molar-refractivity contribution < 1.29 is 9.90 Å². The van der Waals surface area contributed by atoms with Gasteiger partial charge in [0.2, 0.25) is 0 Å². The highest BCUT2D eigenvalue weighted by atomic mass is 16.2. The number of carbonyl (C=O) groups excluding carboxylic acids is 1. The Labute approximate surface area is 72.1 Å². The van der Waals surface area contributed by atoms with Gasteiger partial charge in [0.1, 0.15) is 5.69 Å². The summed E-state index contributed by atoms with van der Waals surface area (Å²) >= 11 is 0.